The molecule has 0 radical (unpaired) electrons. The Bertz CT molecular complexity index is 163. The van der Waals surface area contributed by atoms with E-state index in [2.05, 4.69) is 12.2 Å². The smallest absolute Gasteiger partial charge is 0.222 e. The molecule has 1 amide bonds. The first kappa shape index (κ1) is 14.4. The van der Waals surface area contributed by atoms with Crippen LogP contribution in [0.1, 0.15) is 39.5 Å². The van der Waals surface area contributed by atoms with Gasteiger partial charge in [0.1, 0.15) is 0 Å². The first-order valence-corrected chi connectivity index (χ1v) is 5.81. The maximum absolute atomic E-state index is 11.4. The lowest BCUT2D eigenvalue weighted by molar-refractivity contribution is -0.122. The fraction of sp³-hybridized carbons (Fsp3) is 0.909. The Morgan fingerprint density at radius 1 is 1.47 bits per heavy atom. The number of ether oxygens (including phenoxy) is 1. The molecule has 0 aliphatic rings. The second-order valence-corrected chi connectivity index (χ2v) is 3.59. The summed E-state index contributed by atoms with van der Waals surface area (Å²) in [6.07, 6.45) is 3.63. The number of unbranched alkanes of at least 4 members (excludes halogenated alkanes) is 1. The molecule has 0 rings (SSSR count). The highest BCUT2D eigenvalue weighted by Gasteiger charge is 2.09. The van der Waals surface area contributed by atoms with Crippen LogP contribution in [0, 0.1) is 0 Å². The van der Waals surface area contributed by atoms with Crippen LogP contribution in [-0.2, 0) is 9.53 Å². The first-order valence-electron chi connectivity index (χ1n) is 5.81. The van der Waals surface area contributed by atoms with Crippen LogP contribution in [0.2, 0.25) is 0 Å². The Hall–Kier alpha value is -0.610. The van der Waals surface area contributed by atoms with E-state index in [1.807, 2.05) is 6.92 Å². The summed E-state index contributed by atoms with van der Waals surface area (Å²) in [5.41, 5.74) is 5.57. The van der Waals surface area contributed by atoms with Crippen LogP contribution in [0.25, 0.3) is 0 Å². The predicted octanol–water partition coefficient (Wildman–Crippen LogP) is 1.05. The van der Waals surface area contributed by atoms with Gasteiger partial charge in [-0.05, 0) is 13.3 Å². The van der Waals surface area contributed by atoms with Gasteiger partial charge in [-0.1, -0.05) is 19.8 Å². The Balaban J connectivity index is 3.60. The van der Waals surface area contributed by atoms with E-state index in [4.69, 9.17) is 10.5 Å². The summed E-state index contributed by atoms with van der Waals surface area (Å²) in [6.45, 7) is 5.71. The third-order valence-electron chi connectivity index (χ3n) is 2.23. The minimum atomic E-state index is 0.0370. The van der Waals surface area contributed by atoms with Crippen molar-refractivity contribution in [1.82, 2.24) is 5.32 Å². The largest absolute Gasteiger partial charge is 0.381 e. The molecule has 0 aromatic heterocycles. The van der Waals surface area contributed by atoms with E-state index in [0.717, 1.165) is 19.3 Å². The van der Waals surface area contributed by atoms with Crippen molar-refractivity contribution in [3.63, 3.8) is 0 Å². The SMILES string of the molecule is CCCCC(CN)NC(=O)CCOCC. The molecular formula is C11H24N2O2. The normalized spacial score (nSPS) is 12.5. The summed E-state index contributed by atoms with van der Waals surface area (Å²) in [5, 5.41) is 2.92. The highest BCUT2D eigenvalue weighted by molar-refractivity contribution is 5.76. The van der Waals surface area contributed by atoms with Gasteiger partial charge in [0.05, 0.1) is 6.61 Å². The van der Waals surface area contributed by atoms with Crippen molar-refractivity contribution in [2.75, 3.05) is 19.8 Å². The van der Waals surface area contributed by atoms with Crippen molar-refractivity contribution in [1.29, 1.82) is 0 Å². The third-order valence-corrected chi connectivity index (χ3v) is 2.23. The van der Waals surface area contributed by atoms with Crippen LogP contribution < -0.4 is 11.1 Å². The van der Waals surface area contributed by atoms with E-state index >= 15 is 0 Å². The van der Waals surface area contributed by atoms with Gasteiger partial charge in [0.2, 0.25) is 5.91 Å². The molecular weight excluding hydrogens is 192 g/mol. The van der Waals surface area contributed by atoms with Gasteiger partial charge in [-0.25, -0.2) is 0 Å². The molecule has 0 heterocycles. The maximum Gasteiger partial charge on any atom is 0.222 e. The topological polar surface area (TPSA) is 64.3 Å². The summed E-state index contributed by atoms with van der Waals surface area (Å²) in [4.78, 5) is 11.4. The van der Waals surface area contributed by atoms with E-state index in [0.29, 0.717) is 26.2 Å². The highest BCUT2D eigenvalue weighted by Crippen LogP contribution is 1.99. The van der Waals surface area contributed by atoms with Crippen molar-refractivity contribution < 1.29 is 9.53 Å². The predicted molar refractivity (Wildman–Crippen MR) is 61.6 cm³/mol. The molecule has 0 saturated carbocycles. The summed E-state index contributed by atoms with van der Waals surface area (Å²) >= 11 is 0. The van der Waals surface area contributed by atoms with Crippen LogP contribution in [0.15, 0.2) is 0 Å². The quantitative estimate of drug-likeness (QED) is 0.566. The lowest BCUT2D eigenvalue weighted by Crippen LogP contribution is -2.40. The van der Waals surface area contributed by atoms with Crippen molar-refractivity contribution in [3.8, 4) is 0 Å². The molecule has 0 fully saturated rings. The van der Waals surface area contributed by atoms with Crippen LogP contribution in [-0.4, -0.2) is 31.7 Å². The van der Waals surface area contributed by atoms with Crippen LogP contribution in [0.5, 0.6) is 0 Å². The monoisotopic (exact) mass is 216 g/mol. The highest BCUT2D eigenvalue weighted by atomic mass is 16.5. The number of rotatable bonds is 9. The molecule has 15 heavy (non-hydrogen) atoms. The van der Waals surface area contributed by atoms with Gasteiger partial charge in [-0.2, -0.15) is 0 Å². The van der Waals surface area contributed by atoms with E-state index < -0.39 is 0 Å². The molecule has 1 atom stereocenters. The summed E-state index contributed by atoms with van der Waals surface area (Å²) in [7, 11) is 0. The molecule has 0 bridgehead atoms. The standard InChI is InChI=1S/C11H24N2O2/c1-3-5-6-10(9-12)13-11(14)7-8-15-4-2/h10H,3-9,12H2,1-2H3,(H,13,14). The summed E-state index contributed by atoms with van der Waals surface area (Å²) < 4.78 is 5.11. The van der Waals surface area contributed by atoms with E-state index in [-0.39, 0.29) is 11.9 Å². The first-order chi connectivity index (χ1) is 7.24. The van der Waals surface area contributed by atoms with Gasteiger partial charge in [-0.15, -0.1) is 0 Å². The zero-order chi connectivity index (χ0) is 11.5. The summed E-state index contributed by atoms with van der Waals surface area (Å²) in [6, 6.07) is 0.124. The Labute approximate surface area is 92.6 Å². The third kappa shape index (κ3) is 8.39. The van der Waals surface area contributed by atoms with E-state index in [9.17, 15) is 4.79 Å². The van der Waals surface area contributed by atoms with Gasteiger partial charge in [0.25, 0.3) is 0 Å². The van der Waals surface area contributed by atoms with Gasteiger partial charge in [0.15, 0.2) is 0 Å². The lowest BCUT2D eigenvalue weighted by Gasteiger charge is -2.16. The maximum atomic E-state index is 11.4. The molecule has 0 saturated heterocycles. The van der Waals surface area contributed by atoms with Gasteiger partial charge < -0.3 is 15.8 Å². The molecule has 4 nitrogen and oxygen atoms in total. The zero-order valence-corrected chi connectivity index (χ0v) is 9.92. The molecule has 90 valence electrons. The molecule has 0 spiro atoms. The molecule has 0 aromatic carbocycles. The number of amides is 1. The van der Waals surface area contributed by atoms with Crippen molar-refractivity contribution in [2.45, 2.75) is 45.6 Å². The number of carbonyl (C=O) groups is 1. The van der Waals surface area contributed by atoms with Gasteiger partial charge in [0, 0.05) is 25.6 Å². The van der Waals surface area contributed by atoms with Crippen LogP contribution >= 0.6 is 0 Å². The molecule has 3 N–H and O–H groups in total. The van der Waals surface area contributed by atoms with E-state index in [1.165, 1.54) is 0 Å². The minimum absolute atomic E-state index is 0.0370. The summed E-state index contributed by atoms with van der Waals surface area (Å²) in [5.74, 6) is 0.0370. The Morgan fingerprint density at radius 2 is 2.20 bits per heavy atom. The number of nitrogens with one attached hydrogen (secondary N) is 1. The average molecular weight is 216 g/mol. The Kier molecular flexibility index (Phi) is 9.52. The molecule has 0 aromatic rings. The molecule has 0 aliphatic carbocycles. The van der Waals surface area contributed by atoms with Gasteiger partial charge in [-0.3, -0.25) is 4.79 Å². The number of nitrogens with two attached hydrogens (primary N) is 1. The Morgan fingerprint density at radius 3 is 2.73 bits per heavy atom. The van der Waals surface area contributed by atoms with Crippen molar-refractivity contribution in [2.24, 2.45) is 5.73 Å². The molecule has 0 aliphatic heterocycles. The number of hydrogen-bond donors (Lipinski definition) is 2. The molecule has 4 heteroatoms. The molecule has 1 unspecified atom stereocenters. The van der Waals surface area contributed by atoms with Crippen molar-refractivity contribution in [3.05, 3.63) is 0 Å². The van der Waals surface area contributed by atoms with Crippen LogP contribution in [0.3, 0.4) is 0 Å². The fourth-order valence-electron chi connectivity index (χ4n) is 1.31. The zero-order valence-electron chi connectivity index (χ0n) is 9.92. The van der Waals surface area contributed by atoms with Crippen molar-refractivity contribution >= 4 is 5.91 Å². The van der Waals surface area contributed by atoms with Crippen LogP contribution in [0.4, 0.5) is 0 Å². The van der Waals surface area contributed by atoms with E-state index in [1.54, 1.807) is 0 Å². The second-order valence-electron chi connectivity index (χ2n) is 3.59. The van der Waals surface area contributed by atoms with Gasteiger partial charge >= 0.3 is 0 Å². The minimum Gasteiger partial charge on any atom is -0.381 e. The average Bonchev–Trinajstić information content (AvgIpc) is 2.24. The number of carbonyl (C=O) groups excluding carboxylic acids is 1. The lowest BCUT2D eigenvalue weighted by atomic mass is 10.1. The number of hydrogen-bond acceptors (Lipinski definition) is 3. The second kappa shape index (κ2) is 9.93. The fourth-order valence-corrected chi connectivity index (χ4v) is 1.31.